The molecular weight excluding hydrogens is 192 g/mol. The fraction of sp³-hybridized carbons (Fsp3) is 0.818. The summed E-state index contributed by atoms with van der Waals surface area (Å²) in [7, 11) is 1.73. The highest BCUT2D eigenvalue weighted by Crippen LogP contribution is 2.27. The van der Waals surface area contributed by atoms with Gasteiger partial charge >= 0.3 is 0 Å². The van der Waals surface area contributed by atoms with Crippen molar-refractivity contribution >= 4 is 11.8 Å². The second-order valence-corrected chi connectivity index (χ2v) is 4.07. The summed E-state index contributed by atoms with van der Waals surface area (Å²) in [6.07, 6.45) is 1.97. The lowest BCUT2D eigenvalue weighted by Crippen LogP contribution is -2.68. The van der Waals surface area contributed by atoms with Crippen LogP contribution in [0.4, 0.5) is 0 Å². The number of hydrogen-bond donors (Lipinski definition) is 1. The summed E-state index contributed by atoms with van der Waals surface area (Å²) >= 11 is 0. The number of likely N-dealkylation sites (N-methyl/N-ethyl adjacent to an activating group) is 1. The maximum absolute atomic E-state index is 12.0. The Hall–Kier alpha value is -1.06. The van der Waals surface area contributed by atoms with Gasteiger partial charge < -0.3 is 10.2 Å². The SMILES string of the molecule is CCC1NC(=O)C(CC)(CC)N(C)C1=O. The van der Waals surface area contributed by atoms with Crippen molar-refractivity contribution in [3.8, 4) is 0 Å². The fourth-order valence-electron chi connectivity index (χ4n) is 2.27. The van der Waals surface area contributed by atoms with E-state index in [9.17, 15) is 9.59 Å². The highest BCUT2D eigenvalue weighted by molar-refractivity contribution is 5.99. The maximum atomic E-state index is 12.0. The molecule has 4 nitrogen and oxygen atoms in total. The molecule has 0 bridgehead atoms. The number of hydrogen-bond acceptors (Lipinski definition) is 2. The van der Waals surface area contributed by atoms with E-state index in [0.717, 1.165) is 0 Å². The van der Waals surface area contributed by atoms with Crippen molar-refractivity contribution in [3.63, 3.8) is 0 Å². The van der Waals surface area contributed by atoms with Crippen LogP contribution >= 0.6 is 0 Å². The van der Waals surface area contributed by atoms with E-state index in [4.69, 9.17) is 0 Å². The molecule has 1 atom stereocenters. The second-order valence-electron chi connectivity index (χ2n) is 4.07. The third kappa shape index (κ3) is 1.62. The summed E-state index contributed by atoms with van der Waals surface area (Å²) in [6.45, 7) is 5.79. The normalized spacial score (nSPS) is 25.3. The van der Waals surface area contributed by atoms with Crippen molar-refractivity contribution in [1.29, 1.82) is 0 Å². The van der Waals surface area contributed by atoms with Gasteiger partial charge in [0.15, 0.2) is 0 Å². The molecule has 86 valence electrons. The smallest absolute Gasteiger partial charge is 0.246 e. The van der Waals surface area contributed by atoms with Gasteiger partial charge in [-0.25, -0.2) is 0 Å². The van der Waals surface area contributed by atoms with Crippen LogP contribution in [-0.4, -0.2) is 35.3 Å². The summed E-state index contributed by atoms with van der Waals surface area (Å²) in [5, 5.41) is 2.81. The summed E-state index contributed by atoms with van der Waals surface area (Å²) < 4.78 is 0. The van der Waals surface area contributed by atoms with E-state index in [1.165, 1.54) is 0 Å². The van der Waals surface area contributed by atoms with Gasteiger partial charge in [0, 0.05) is 7.05 Å². The first-order valence-electron chi connectivity index (χ1n) is 5.62. The van der Waals surface area contributed by atoms with Gasteiger partial charge in [0.1, 0.15) is 11.6 Å². The Labute approximate surface area is 91.0 Å². The molecule has 0 spiro atoms. The first-order chi connectivity index (χ1) is 7.03. The average molecular weight is 212 g/mol. The zero-order valence-corrected chi connectivity index (χ0v) is 9.96. The Kier molecular flexibility index (Phi) is 3.37. The quantitative estimate of drug-likeness (QED) is 0.756. The van der Waals surface area contributed by atoms with E-state index in [1.807, 2.05) is 20.8 Å². The molecule has 1 aliphatic rings. The lowest BCUT2D eigenvalue weighted by molar-refractivity contribution is -0.156. The lowest BCUT2D eigenvalue weighted by Gasteiger charge is -2.45. The minimum absolute atomic E-state index is 0.0125. The van der Waals surface area contributed by atoms with Gasteiger partial charge in [-0.3, -0.25) is 9.59 Å². The molecule has 1 aliphatic heterocycles. The Morgan fingerprint density at radius 1 is 1.27 bits per heavy atom. The molecular formula is C11H20N2O2. The van der Waals surface area contributed by atoms with E-state index in [0.29, 0.717) is 19.3 Å². The number of piperazine rings is 1. The Balaban J connectivity index is 3.03. The molecule has 1 heterocycles. The maximum Gasteiger partial charge on any atom is 0.246 e. The molecule has 2 amide bonds. The molecule has 0 radical (unpaired) electrons. The van der Waals surface area contributed by atoms with Crippen LogP contribution in [0, 0.1) is 0 Å². The monoisotopic (exact) mass is 212 g/mol. The van der Waals surface area contributed by atoms with Crippen molar-refractivity contribution in [2.75, 3.05) is 7.05 Å². The minimum atomic E-state index is -0.636. The molecule has 0 aliphatic carbocycles. The predicted octanol–water partition coefficient (Wildman–Crippen LogP) is 0.912. The van der Waals surface area contributed by atoms with Gasteiger partial charge in [-0.15, -0.1) is 0 Å². The van der Waals surface area contributed by atoms with Crippen LogP contribution in [0.25, 0.3) is 0 Å². The van der Waals surface area contributed by atoms with Gasteiger partial charge in [-0.1, -0.05) is 20.8 Å². The van der Waals surface area contributed by atoms with Crippen LogP contribution in [0.1, 0.15) is 40.0 Å². The average Bonchev–Trinajstić information content (AvgIpc) is 2.25. The number of amides is 2. The second kappa shape index (κ2) is 4.21. The number of nitrogens with one attached hydrogen (secondary N) is 1. The van der Waals surface area contributed by atoms with Crippen LogP contribution in [0.2, 0.25) is 0 Å². The van der Waals surface area contributed by atoms with Gasteiger partial charge in [0.2, 0.25) is 11.8 Å². The molecule has 0 aromatic heterocycles. The Bertz CT molecular complexity index is 272. The van der Waals surface area contributed by atoms with E-state index < -0.39 is 5.54 Å². The Morgan fingerprint density at radius 2 is 1.80 bits per heavy atom. The summed E-state index contributed by atoms with van der Waals surface area (Å²) in [4.78, 5) is 25.6. The largest absolute Gasteiger partial charge is 0.342 e. The van der Waals surface area contributed by atoms with E-state index in [2.05, 4.69) is 5.32 Å². The minimum Gasteiger partial charge on any atom is -0.342 e. The number of nitrogens with zero attached hydrogens (tertiary/aromatic N) is 1. The fourth-order valence-corrected chi connectivity index (χ4v) is 2.27. The molecule has 1 saturated heterocycles. The molecule has 0 aromatic rings. The zero-order chi connectivity index (χ0) is 11.6. The summed E-state index contributed by atoms with van der Waals surface area (Å²) in [5.74, 6) is 0.0160. The molecule has 1 fully saturated rings. The third-order valence-corrected chi connectivity index (χ3v) is 3.58. The third-order valence-electron chi connectivity index (χ3n) is 3.58. The van der Waals surface area contributed by atoms with Crippen molar-refractivity contribution in [2.45, 2.75) is 51.6 Å². The van der Waals surface area contributed by atoms with E-state index in [-0.39, 0.29) is 17.9 Å². The van der Waals surface area contributed by atoms with Crippen LogP contribution in [0.5, 0.6) is 0 Å². The van der Waals surface area contributed by atoms with E-state index >= 15 is 0 Å². The van der Waals surface area contributed by atoms with E-state index in [1.54, 1.807) is 11.9 Å². The van der Waals surface area contributed by atoms with Crippen LogP contribution in [-0.2, 0) is 9.59 Å². The van der Waals surface area contributed by atoms with Crippen molar-refractivity contribution in [2.24, 2.45) is 0 Å². The highest BCUT2D eigenvalue weighted by Gasteiger charge is 2.47. The number of carbonyl (C=O) groups is 2. The molecule has 0 saturated carbocycles. The zero-order valence-electron chi connectivity index (χ0n) is 9.96. The first kappa shape index (κ1) is 12.0. The molecule has 1 rings (SSSR count). The summed E-state index contributed by atoms with van der Waals surface area (Å²) in [5.41, 5.74) is -0.636. The van der Waals surface area contributed by atoms with Gasteiger partial charge in [-0.2, -0.15) is 0 Å². The molecule has 1 unspecified atom stereocenters. The van der Waals surface area contributed by atoms with Gasteiger partial charge in [-0.05, 0) is 19.3 Å². The Morgan fingerprint density at radius 3 is 2.20 bits per heavy atom. The molecule has 1 N–H and O–H groups in total. The topological polar surface area (TPSA) is 49.4 Å². The van der Waals surface area contributed by atoms with Gasteiger partial charge in [0.05, 0.1) is 0 Å². The lowest BCUT2D eigenvalue weighted by atomic mass is 9.86. The molecule has 4 heteroatoms. The number of rotatable bonds is 3. The van der Waals surface area contributed by atoms with Crippen molar-refractivity contribution in [3.05, 3.63) is 0 Å². The van der Waals surface area contributed by atoms with Crippen molar-refractivity contribution < 1.29 is 9.59 Å². The summed E-state index contributed by atoms with van der Waals surface area (Å²) in [6, 6.07) is -0.339. The van der Waals surface area contributed by atoms with Crippen LogP contribution < -0.4 is 5.32 Å². The van der Waals surface area contributed by atoms with Crippen molar-refractivity contribution in [1.82, 2.24) is 10.2 Å². The standard InChI is InChI=1S/C11H20N2O2/c1-5-8-9(14)13(4)11(6-2,7-3)10(15)12-8/h8H,5-7H2,1-4H3,(H,12,15). The first-order valence-corrected chi connectivity index (χ1v) is 5.62. The number of carbonyl (C=O) groups excluding carboxylic acids is 2. The van der Waals surface area contributed by atoms with Crippen LogP contribution in [0.3, 0.4) is 0 Å². The molecule has 15 heavy (non-hydrogen) atoms. The van der Waals surface area contributed by atoms with Gasteiger partial charge in [0.25, 0.3) is 0 Å². The van der Waals surface area contributed by atoms with Crippen LogP contribution in [0.15, 0.2) is 0 Å². The highest BCUT2D eigenvalue weighted by atomic mass is 16.2. The molecule has 0 aromatic carbocycles. The predicted molar refractivity (Wildman–Crippen MR) is 58.3 cm³/mol.